The second kappa shape index (κ2) is 5.87. The molecule has 0 unspecified atom stereocenters. The van der Waals surface area contributed by atoms with Crippen molar-refractivity contribution >= 4 is 27.4 Å². The van der Waals surface area contributed by atoms with Crippen molar-refractivity contribution in [2.24, 2.45) is 0 Å². The minimum absolute atomic E-state index is 0.00346. The normalized spacial score (nSPS) is 11.2. The van der Waals surface area contributed by atoms with Crippen molar-refractivity contribution < 1.29 is 22.1 Å². The van der Waals surface area contributed by atoms with Gasteiger partial charge in [-0.25, -0.2) is 4.79 Å². The van der Waals surface area contributed by atoms with E-state index < -0.39 is 16.1 Å². The summed E-state index contributed by atoms with van der Waals surface area (Å²) in [5, 5.41) is 1.51. The van der Waals surface area contributed by atoms with E-state index >= 15 is 0 Å². The van der Waals surface area contributed by atoms with E-state index in [1.165, 1.54) is 18.6 Å². The summed E-state index contributed by atoms with van der Waals surface area (Å²) in [5.74, 6) is -0.423. The predicted molar refractivity (Wildman–Crippen MR) is 79.4 cm³/mol. The second-order valence-corrected chi connectivity index (χ2v) is 6.79. The lowest BCUT2D eigenvalue weighted by Crippen LogP contribution is -2.14. The lowest BCUT2D eigenvalue weighted by molar-refractivity contribution is 0.0602. The molecule has 21 heavy (non-hydrogen) atoms. The van der Waals surface area contributed by atoms with Crippen molar-refractivity contribution in [3.8, 4) is 5.75 Å². The maximum Gasteiger partial charge on any atom is 0.349 e. The molecule has 0 spiro atoms. The van der Waals surface area contributed by atoms with E-state index in [0.29, 0.717) is 11.1 Å². The highest BCUT2D eigenvalue weighted by atomic mass is 32.2. The average molecular weight is 326 g/mol. The van der Waals surface area contributed by atoms with Crippen LogP contribution in [0.15, 0.2) is 34.5 Å². The van der Waals surface area contributed by atoms with E-state index in [1.807, 2.05) is 6.07 Å². The van der Waals surface area contributed by atoms with Gasteiger partial charge in [-0.3, -0.25) is 0 Å². The van der Waals surface area contributed by atoms with Crippen molar-refractivity contribution in [2.75, 3.05) is 7.11 Å². The summed E-state index contributed by atoms with van der Waals surface area (Å²) in [4.78, 5) is 11.4. The van der Waals surface area contributed by atoms with Crippen molar-refractivity contribution in [1.29, 1.82) is 0 Å². The Morgan fingerprint density at radius 3 is 2.33 bits per heavy atom. The third kappa shape index (κ3) is 3.08. The van der Waals surface area contributed by atoms with E-state index in [4.69, 9.17) is 4.18 Å². The molecule has 1 heterocycles. The van der Waals surface area contributed by atoms with Crippen molar-refractivity contribution in [3.05, 3.63) is 45.6 Å². The highest BCUT2D eigenvalue weighted by Gasteiger charge is 2.27. The van der Waals surface area contributed by atoms with E-state index in [-0.39, 0.29) is 15.5 Å². The van der Waals surface area contributed by atoms with Crippen LogP contribution in [-0.2, 0) is 14.9 Å². The molecule has 0 N–H and O–H groups in total. The molecule has 0 atom stereocenters. The zero-order chi connectivity index (χ0) is 15.6. The number of hydrogen-bond donors (Lipinski definition) is 0. The zero-order valence-electron chi connectivity index (χ0n) is 11.7. The first-order chi connectivity index (χ1) is 9.86. The van der Waals surface area contributed by atoms with Gasteiger partial charge in [-0.15, -0.1) is 11.3 Å². The molecule has 0 aliphatic heterocycles. The van der Waals surface area contributed by atoms with Gasteiger partial charge in [0.1, 0.15) is 15.5 Å². The number of thiophene rings is 1. The summed E-state index contributed by atoms with van der Waals surface area (Å²) in [6.07, 6.45) is 0. The fourth-order valence-corrected chi connectivity index (χ4v) is 4.18. The smallest absolute Gasteiger partial charge is 0.349 e. The van der Waals surface area contributed by atoms with Crippen LogP contribution in [0.1, 0.15) is 20.8 Å². The molecule has 0 radical (unpaired) electrons. The monoisotopic (exact) mass is 326 g/mol. The highest BCUT2D eigenvalue weighted by Crippen LogP contribution is 2.29. The number of carbonyl (C=O) groups excluding carboxylic acids is 1. The number of hydrogen-bond acceptors (Lipinski definition) is 6. The van der Waals surface area contributed by atoms with Gasteiger partial charge in [0.2, 0.25) is 0 Å². The van der Waals surface area contributed by atoms with Crippen LogP contribution in [0.4, 0.5) is 0 Å². The number of aryl methyl sites for hydroxylation is 2. The summed E-state index contributed by atoms with van der Waals surface area (Å²) in [7, 11) is -2.89. The van der Waals surface area contributed by atoms with E-state index in [1.54, 1.807) is 26.0 Å². The first kappa shape index (κ1) is 15.5. The number of carbonyl (C=O) groups is 1. The molecule has 0 fully saturated rings. The molecule has 0 aliphatic rings. The van der Waals surface area contributed by atoms with Crippen LogP contribution in [0.2, 0.25) is 0 Å². The summed E-state index contributed by atoms with van der Waals surface area (Å²) < 4.78 is 34.6. The Labute approximate surface area is 127 Å². The van der Waals surface area contributed by atoms with E-state index in [2.05, 4.69) is 4.74 Å². The Bertz CT molecular complexity index is 754. The molecule has 2 rings (SSSR count). The Morgan fingerprint density at radius 1 is 1.14 bits per heavy atom. The molecule has 112 valence electrons. The number of esters is 1. The van der Waals surface area contributed by atoms with Gasteiger partial charge in [0, 0.05) is 0 Å². The average Bonchev–Trinajstić information content (AvgIpc) is 2.92. The molecule has 0 saturated carbocycles. The zero-order valence-corrected chi connectivity index (χ0v) is 13.4. The Kier molecular flexibility index (Phi) is 4.34. The van der Waals surface area contributed by atoms with Crippen molar-refractivity contribution in [3.63, 3.8) is 0 Å². The first-order valence-electron chi connectivity index (χ1n) is 6.03. The van der Waals surface area contributed by atoms with Crippen LogP contribution in [0, 0.1) is 13.8 Å². The van der Waals surface area contributed by atoms with E-state index in [0.717, 1.165) is 11.3 Å². The maximum absolute atomic E-state index is 12.4. The molecule has 1 aromatic heterocycles. The molecule has 0 amide bonds. The van der Waals surface area contributed by atoms with Crippen LogP contribution in [0.3, 0.4) is 0 Å². The van der Waals surface area contributed by atoms with Gasteiger partial charge in [0.05, 0.1) is 7.11 Å². The van der Waals surface area contributed by atoms with Gasteiger partial charge in [0.15, 0.2) is 0 Å². The predicted octanol–water partition coefficient (Wildman–Crippen LogP) is 2.92. The summed E-state index contributed by atoms with van der Waals surface area (Å²) in [6, 6.07) is 6.66. The molecule has 0 aliphatic carbocycles. The van der Waals surface area contributed by atoms with Crippen LogP contribution in [0.5, 0.6) is 5.75 Å². The van der Waals surface area contributed by atoms with Crippen LogP contribution in [-0.4, -0.2) is 21.5 Å². The minimum atomic E-state index is -4.09. The van der Waals surface area contributed by atoms with Crippen molar-refractivity contribution in [1.82, 2.24) is 0 Å². The van der Waals surface area contributed by atoms with Gasteiger partial charge in [-0.05, 0) is 36.4 Å². The second-order valence-electron chi connectivity index (χ2n) is 4.36. The number of ether oxygens (including phenoxy) is 1. The molecular formula is C14H14O5S2. The summed E-state index contributed by atoms with van der Waals surface area (Å²) in [6.45, 7) is 3.51. The molecular weight excluding hydrogens is 312 g/mol. The molecule has 0 saturated heterocycles. The number of methoxy groups -OCH3 is 1. The molecule has 1 aromatic carbocycles. The number of rotatable bonds is 4. The molecule has 0 bridgehead atoms. The first-order valence-corrected chi connectivity index (χ1v) is 8.32. The standard InChI is InChI=1S/C14H14O5S2/c1-9-5-4-6-10(2)12(9)19-21(16,17)11-7-8-20-13(11)14(15)18-3/h4-8H,1-3H3. The van der Waals surface area contributed by atoms with Crippen LogP contribution < -0.4 is 4.18 Å². The number of para-hydroxylation sites is 1. The Hall–Kier alpha value is -1.86. The summed E-state index contributed by atoms with van der Waals surface area (Å²) >= 11 is 0.994. The Morgan fingerprint density at radius 2 is 1.76 bits per heavy atom. The quantitative estimate of drug-likeness (QED) is 0.638. The lowest BCUT2D eigenvalue weighted by atomic mass is 10.1. The van der Waals surface area contributed by atoms with Gasteiger partial charge in [-0.2, -0.15) is 8.42 Å². The molecule has 7 heteroatoms. The molecule has 2 aromatic rings. The van der Waals surface area contributed by atoms with E-state index in [9.17, 15) is 13.2 Å². The third-order valence-electron chi connectivity index (χ3n) is 2.87. The third-order valence-corrected chi connectivity index (χ3v) is 5.16. The molecule has 5 nitrogen and oxygen atoms in total. The SMILES string of the molecule is COC(=O)c1sccc1S(=O)(=O)Oc1c(C)cccc1C. The van der Waals surface area contributed by atoms with Crippen LogP contribution >= 0.6 is 11.3 Å². The van der Waals surface area contributed by atoms with Gasteiger partial charge < -0.3 is 8.92 Å². The topological polar surface area (TPSA) is 69.7 Å². The number of benzene rings is 1. The van der Waals surface area contributed by atoms with Crippen molar-refractivity contribution in [2.45, 2.75) is 18.7 Å². The largest absolute Gasteiger partial charge is 0.465 e. The minimum Gasteiger partial charge on any atom is -0.465 e. The van der Waals surface area contributed by atoms with Gasteiger partial charge in [0.25, 0.3) is 0 Å². The fourth-order valence-electron chi connectivity index (χ4n) is 1.82. The van der Waals surface area contributed by atoms with Gasteiger partial charge in [-0.1, -0.05) is 18.2 Å². The van der Waals surface area contributed by atoms with Gasteiger partial charge >= 0.3 is 16.1 Å². The van der Waals surface area contributed by atoms with Crippen LogP contribution in [0.25, 0.3) is 0 Å². The summed E-state index contributed by atoms with van der Waals surface area (Å²) in [5.41, 5.74) is 1.40. The fraction of sp³-hybridized carbons (Fsp3) is 0.214. The Balaban J connectivity index is 2.45. The lowest BCUT2D eigenvalue weighted by Gasteiger charge is -2.11. The highest BCUT2D eigenvalue weighted by molar-refractivity contribution is 7.87. The maximum atomic E-state index is 12.4.